The Morgan fingerprint density at radius 1 is 1.04 bits per heavy atom. The lowest BCUT2D eigenvalue weighted by molar-refractivity contribution is -0.347. The van der Waals surface area contributed by atoms with Crippen molar-refractivity contribution in [3.63, 3.8) is 0 Å². The summed E-state index contributed by atoms with van der Waals surface area (Å²) in [5, 5.41) is 29.3. The van der Waals surface area contributed by atoms with Crippen LogP contribution in [0.25, 0.3) is 0 Å². The number of anilines is 2. The summed E-state index contributed by atoms with van der Waals surface area (Å²) in [5.41, 5.74) is 6.38. The van der Waals surface area contributed by atoms with E-state index in [-0.39, 0.29) is 11.4 Å². The average Bonchev–Trinajstić information content (AvgIpc) is 3.11. The molecule has 0 unspecified atom stereocenters. The Kier molecular flexibility index (Phi) is 4.25. The molecular weight excluding hydrogens is 304 g/mol. The molecular formula is C17H19N6O+. The molecule has 1 aromatic rings. The van der Waals surface area contributed by atoms with Crippen LogP contribution < -0.4 is 15.6 Å². The van der Waals surface area contributed by atoms with Crippen LogP contribution in [0, 0.1) is 34.0 Å². The van der Waals surface area contributed by atoms with Gasteiger partial charge in [0.25, 0.3) is 0 Å². The molecule has 2 heterocycles. The summed E-state index contributed by atoms with van der Waals surface area (Å²) in [5.74, 6) is 0.809. The molecule has 3 N–H and O–H groups in total. The van der Waals surface area contributed by atoms with Crippen molar-refractivity contribution < 1.29 is 9.72 Å². The minimum Gasteiger partial charge on any atom is -0.375 e. The standard InChI is InChI=1S/C17H18N6O/c18-9-12-14(17(11-20)3-1-2-4-17)13(10-19)16(22-15(12)21)23-5-7-24-8-6-23/h1-8H2,(H2,21,22)/p+1. The van der Waals surface area contributed by atoms with Crippen LogP contribution in [0.15, 0.2) is 0 Å². The van der Waals surface area contributed by atoms with Crippen molar-refractivity contribution in [1.82, 2.24) is 0 Å². The van der Waals surface area contributed by atoms with Crippen molar-refractivity contribution in [3.8, 4) is 18.2 Å². The lowest BCUT2D eigenvalue weighted by atomic mass is 9.76. The topological polar surface area (TPSA) is 124 Å². The zero-order valence-electron chi connectivity index (χ0n) is 13.4. The first-order chi connectivity index (χ1) is 11.7. The van der Waals surface area contributed by atoms with Crippen LogP contribution in [0.2, 0.25) is 0 Å². The largest absolute Gasteiger partial charge is 0.375 e. The van der Waals surface area contributed by atoms with E-state index in [2.05, 4.69) is 23.2 Å². The Morgan fingerprint density at radius 2 is 1.67 bits per heavy atom. The quantitative estimate of drug-likeness (QED) is 0.865. The van der Waals surface area contributed by atoms with Gasteiger partial charge in [0.05, 0.1) is 37.8 Å². The van der Waals surface area contributed by atoms with Crippen molar-refractivity contribution in [2.45, 2.75) is 31.1 Å². The van der Waals surface area contributed by atoms with Crippen molar-refractivity contribution in [2.24, 2.45) is 0 Å². The Hall–Kier alpha value is -2.82. The van der Waals surface area contributed by atoms with Crippen molar-refractivity contribution in [1.29, 1.82) is 15.8 Å². The van der Waals surface area contributed by atoms with Crippen LogP contribution in [-0.4, -0.2) is 26.3 Å². The van der Waals surface area contributed by atoms with Gasteiger partial charge in [-0.15, -0.1) is 0 Å². The zero-order chi connectivity index (χ0) is 17.2. The van der Waals surface area contributed by atoms with E-state index in [0.717, 1.165) is 12.8 Å². The van der Waals surface area contributed by atoms with Crippen molar-refractivity contribution in [3.05, 3.63) is 16.7 Å². The van der Waals surface area contributed by atoms with Gasteiger partial charge in [-0.25, -0.2) is 4.98 Å². The SMILES string of the molecule is N#Cc1c(N)[nH+]c(N2CCOCC2)c(C#N)c1C1(C#N)CCCC1. The first-order valence-electron chi connectivity index (χ1n) is 8.10. The normalized spacial score (nSPS) is 19.3. The lowest BCUT2D eigenvalue weighted by Crippen LogP contribution is -2.41. The summed E-state index contributed by atoms with van der Waals surface area (Å²) in [6.07, 6.45) is 3.13. The molecule has 0 amide bonds. The molecule has 1 saturated heterocycles. The second-order valence-electron chi connectivity index (χ2n) is 6.24. The molecule has 3 rings (SSSR count). The number of aromatic nitrogens is 1. The van der Waals surface area contributed by atoms with E-state index in [4.69, 9.17) is 10.5 Å². The second-order valence-corrected chi connectivity index (χ2v) is 6.24. The summed E-state index contributed by atoms with van der Waals surface area (Å²) in [4.78, 5) is 5.02. The second kappa shape index (κ2) is 6.35. The first-order valence-corrected chi connectivity index (χ1v) is 8.10. The van der Waals surface area contributed by atoms with Crippen molar-refractivity contribution in [2.75, 3.05) is 36.9 Å². The van der Waals surface area contributed by atoms with Gasteiger partial charge in [0.1, 0.15) is 23.3 Å². The number of aromatic amines is 1. The van der Waals surface area contributed by atoms with E-state index in [1.54, 1.807) is 0 Å². The Morgan fingerprint density at radius 3 is 2.21 bits per heavy atom. The maximum Gasteiger partial charge on any atom is 0.240 e. The Labute approximate surface area is 140 Å². The molecule has 0 spiro atoms. The van der Waals surface area contributed by atoms with Crippen LogP contribution in [0.4, 0.5) is 11.6 Å². The highest BCUT2D eigenvalue weighted by Crippen LogP contribution is 2.45. The van der Waals surface area contributed by atoms with Crippen LogP contribution >= 0.6 is 0 Å². The van der Waals surface area contributed by atoms with E-state index in [0.29, 0.717) is 56.1 Å². The smallest absolute Gasteiger partial charge is 0.240 e. The number of H-pyrrole nitrogens is 1. The molecule has 7 heteroatoms. The highest BCUT2D eigenvalue weighted by Gasteiger charge is 2.43. The average molecular weight is 323 g/mol. The monoisotopic (exact) mass is 323 g/mol. The van der Waals surface area contributed by atoms with Crippen LogP contribution in [0.1, 0.15) is 42.4 Å². The maximum absolute atomic E-state index is 9.85. The van der Waals surface area contributed by atoms with Gasteiger partial charge in [0.2, 0.25) is 11.6 Å². The van der Waals surface area contributed by atoms with E-state index in [1.165, 1.54) is 0 Å². The lowest BCUT2D eigenvalue weighted by Gasteiger charge is -2.28. The number of morpholine rings is 1. The summed E-state index contributed by atoms with van der Waals surface area (Å²) < 4.78 is 5.37. The van der Waals surface area contributed by atoms with Crippen LogP contribution in [-0.2, 0) is 10.2 Å². The number of nitrogens with zero attached hydrogens (tertiary/aromatic N) is 4. The minimum atomic E-state index is -0.805. The number of hydrogen-bond donors (Lipinski definition) is 1. The summed E-state index contributed by atoms with van der Waals surface area (Å²) in [7, 11) is 0. The molecule has 1 aliphatic heterocycles. The molecule has 0 bridgehead atoms. The predicted molar refractivity (Wildman–Crippen MR) is 85.6 cm³/mol. The maximum atomic E-state index is 9.85. The summed E-state index contributed by atoms with van der Waals surface area (Å²) >= 11 is 0. The van der Waals surface area contributed by atoms with Crippen molar-refractivity contribution >= 4 is 11.6 Å². The van der Waals surface area contributed by atoms with Gasteiger partial charge < -0.3 is 10.5 Å². The Bertz CT molecular complexity index is 770. The number of pyridine rings is 1. The zero-order valence-corrected chi connectivity index (χ0v) is 13.4. The number of nitrogens with two attached hydrogens (primary N) is 1. The molecule has 122 valence electrons. The van der Waals surface area contributed by atoms with E-state index >= 15 is 0 Å². The highest BCUT2D eigenvalue weighted by atomic mass is 16.5. The van der Waals surface area contributed by atoms with Crippen LogP contribution in [0.5, 0.6) is 0 Å². The number of ether oxygens (including phenoxy) is 1. The fraction of sp³-hybridized carbons (Fsp3) is 0.529. The van der Waals surface area contributed by atoms with Gasteiger partial charge in [-0.1, -0.05) is 12.8 Å². The number of nitriles is 3. The van der Waals surface area contributed by atoms with Gasteiger partial charge >= 0.3 is 0 Å². The fourth-order valence-corrected chi connectivity index (χ4v) is 3.75. The van der Waals surface area contributed by atoms with Gasteiger partial charge in [-0.3, -0.25) is 4.90 Å². The number of nitrogen functional groups attached to an aromatic ring is 1. The number of rotatable bonds is 2. The van der Waals surface area contributed by atoms with E-state index in [9.17, 15) is 15.8 Å². The highest BCUT2D eigenvalue weighted by molar-refractivity contribution is 5.67. The number of hydrogen-bond acceptors (Lipinski definition) is 6. The molecule has 0 aromatic carbocycles. The molecule has 2 aliphatic rings. The Balaban J connectivity index is 2.26. The molecule has 0 atom stereocenters. The van der Waals surface area contributed by atoms with Gasteiger partial charge in [0.15, 0.2) is 0 Å². The molecule has 1 aliphatic carbocycles. The molecule has 2 fully saturated rings. The first kappa shape index (κ1) is 16.1. The fourth-order valence-electron chi connectivity index (χ4n) is 3.75. The third-order valence-electron chi connectivity index (χ3n) is 4.96. The van der Waals surface area contributed by atoms with Crippen LogP contribution in [0.3, 0.4) is 0 Å². The summed E-state index contributed by atoms with van der Waals surface area (Å²) in [6, 6.07) is 6.72. The molecule has 0 radical (unpaired) electrons. The third kappa shape index (κ3) is 2.42. The minimum absolute atomic E-state index is 0.217. The molecule has 1 saturated carbocycles. The predicted octanol–water partition coefficient (Wildman–Crippen LogP) is 0.998. The van der Waals surface area contributed by atoms with Gasteiger partial charge in [-0.05, 0) is 12.8 Å². The molecule has 1 aromatic heterocycles. The van der Waals surface area contributed by atoms with Gasteiger partial charge in [-0.2, -0.15) is 15.8 Å². The molecule has 7 nitrogen and oxygen atoms in total. The summed E-state index contributed by atoms with van der Waals surface area (Å²) in [6.45, 7) is 2.40. The number of nitrogens with one attached hydrogen (secondary N) is 1. The molecule has 24 heavy (non-hydrogen) atoms. The van der Waals surface area contributed by atoms with Gasteiger partial charge in [0, 0.05) is 5.56 Å². The third-order valence-corrected chi connectivity index (χ3v) is 4.96. The van der Waals surface area contributed by atoms with E-state index in [1.807, 2.05) is 4.90 Å². The van der Waals surface area contributed by atoms with E-state index < -0.39 is 5.41 Å².